The Hall–Kier alpha value is -2.05. The minimum Gasteiger partial charge on any atom is -0.476 e. The first-order chi connectivity index (χ1) is 9.13. The van der Waals surface area contributed by atoms with Crippen LogP contribution in [0.5, 0.6) is 5.88 Å². The Labute approximate surface area is 112 Å². The van der Waals surface area contributed by atoms with Crippen molar-refractivity contribution in [2.24, 2.45) is 0 Å². The van der Waals surface area contributed by atoms with E-state index in [9.17, 15) is 4.79 Å². The highest BCUT2D eigenvalue weighted by molar-refractivity contribution is 5.83. The van der Waals surface area contributed by atoms with Gasteiger partial charge in [0.25, 0.3) is 0 Å². The molecule has 7 heteroatoms. The van der Waals surface area contributed by atoms with E-state index < -0.39 is 0 Å². The van der Waals surface area contributed by atoms with Crippen LogP contribution in [0.2, 0.25) is 0 Å². The summed E-state index contributed by atoms with van der Waals surface area (Å²) in [6.07, 6.45) is 2.30. The number of ether oxygens (including phenoxy) is 1. The molecule has 2 N–H and O–H groups in total. The van der Waals surface area contributed by atoms with Gasteiger partial charge in [0.2, 0.25) is 11.8 Å². The third kappa shape index (κ3) is 2.86. The summed E-state index contributed by atoms with van der Waals surface area (Å²) in [7, 11) is 1.81. The highest BCUT2D eigenvalue weighted by Crippen LogP contribution is 2.28. The normalized spacial score (nSPS) is 16.4. The Morgan fingerprint density at radius 2 is 2.21 bits per heavy atom. The second kappa shape index (κ2) is 5.73. The second-order valence-electron chi connectivity index (χ2n) is 4.44. The quantitative estimate of drug-likeness (QED) is 0.836. The standard InChI is InChI=1S/C12H19N5O2/c1-3-19-12-10(13)11(14-8-15-12)17-6-4-5-16(2)9(18)7-17/h8H,3-7,13H2,1-2H3. The maximum Gasteiger partial charge on any atom is 0.242 e. The molecule has 1 saturated heterocycles. The van der Waals surface area contributed by atoms with E-state index in [-0.39, 0.29) is 12.5 Å². The summed E-state index contributed by atoms with van der Waals surface area (Å²) in [6.45, 7) is 4.12. The third-order valence-corrected chi connectivity index (χ3v) is 3.08. The summed E-state index contributed by atoms with van der Waals surface area (Å²) in [4.78, 5) is 23.7. The lowest BCUT2D eigenvalue weighted by Gasteiger charge is -2.22. The molecule has 0 spiro atoms. The Kier molecular flexibility index (Phi) is 4.03. The number of amides is 1. The van der Waals surface area contributed by atoms with Gasteiger partial charge in [-0.05, 0) is 13.3 Å². The first kappa shape index (κ1) is 13.4. The van der Waals surface area contributed by atoms with Gasteiger partial charge in [-0.25, -0.2) is 4.98 Å². The van der Waals surface area contributed by atoms with Crippen molar-refractivity contribution in [2.45, 2.75) is 13.3 Å². The molecule has 0 radical (unpaired) electrons. The van der Waals surface area contributed by atoms with Crippen LogP contribution in [0.1, 0.15) is 13.3 Å². The molecule has 2 heterocycles. The Morgan fingerprint density at radius 3 is 2.95 bits per heavy atom. The van der Waals surface area contributed by atoms with Gasteiger partial charge >= 0.3 is 0 Å². The van der Waals surface area contributed by atoms with E-state index in [0.717, 1.165) is 19.5 Å². The largest absolute Gasteiger partial charge is 0.476 e. The van der Waals surface area contributed by atoms with Gasteiger partial charge in [-0.15, -0.1) is 0 Å². The maximum absolute atomic E-state index is 11.9. The highest BCUT2D eigenvalue weighted by Gasteiger charge is 2.23. The lowest BCUT2D eigenvalue weighted by molar-refractivity contribution is -0.127. The summed E-state index contributed by atoms with van der Waals surface area (Å²) in [5.74, 6) is 1.01. The molecular weight excluding hydrogens is 246 g/mol. The lowest BCUT2D eigenvalue weighted by Crippen LogP contribution is -2.35. The highest BCUT2D eigenvalue weighted by atomic mass is 16.5. The Bertz CT molecular complexity index is 465. The van der Waals surface area contributed by atoms with Crippen molar-refractivity contribution < 1.29 is 9.53 Å². The number of hydrogen-bond acceptors (Lipinski definition) is 6. The van der Waals surface area contributed by atoms with Crippen molar-refractivity contribution in [3.63, 3.8) is 0 Å². The lowest BCUT2D eigenvalue weighted by atomic mass is 10.3. The molecule has 2 rings (SSSR count). The zero-order valence-corrected chi connectivity index (χ0v) is 11.3. The number of aromatic nitrogens is 2. The van der Waals surface area contributed by atoms with Gasteiger partial charge in [0, 0.05) is 20.1 Å². The molecule has 0 aromatic carbocycles. The predicted molar refractivity (Wildman–Crippen MR) is 72.1 cm³/mol. The van der Waals surface area contributed by atoms with Crippen molar-refractivity contribution >= 4 is 17.4 Å². The average Bonchev–Trinajstić information content (AvgIpc) is 2.55. The van der Waals surface area contributed by atoms with Crippen molar-refractivity contribution in [2.75, 3.05) is 43.9 Å². The molecule has 1 aliphatic heterocycles. The average molecular weight is 265 g/mol. The van der Waals surface area contributed by atoms with Gasteiger partial charge in [0.1, 0.15) is 12.0 Å². The van der Waals surface area contributed by atoms with Gasteiger partial charge in [-0.1, -0.05) is 0 Å². The smallest absolute Gasteiger partial charge is 0.242 e. The first-order valence-corrected chi connectivity index (χ1v) is 6.35. The summed E-state index contributed by atoms with van der Waals surface area (Å²) in [5, 5.41) is 0. The maximum atomic E-state index is 11.9. The number of carbonyl (C=O) groups is 1. The molecule has 0 atom stereocenters. The number of likely N-dealkylation sites (N-methyl/N-ethyl adjacent to an activating group) is 1. The van der Waals surface area contributed by atoms with Gasteiger partial charge < -0.3 is 20.3 Å². The predicted octanol–water partition coefficient (Wildman–Crippen LogP) is 0.126. The van der Waals surface area contributed by atoms with Crippen LogP contribution in [0.25, 0.3) is 0 Å². The number of nitrogens with two attached hydrogens (primary N) is 1. The molecule has 0 bridgehead atoms. The molecule has 1 aromatic rings. The zero-order chi connectivity index (χ0) is 13.8. The van der Waals surface area contributed by atoms with Crippen molar-refractivity contribution in [1.82, 2.24) is 14.9 Å². The van der Waals surface area contributed by atoms with E-state index in [0.29, 0.717) is 24.0 Å². The molecule has 104 valence electrons. The van der Waals surface area contributed by atoms with E-state index in [4.69, 9.17) is 10.5 Å². The number of nitrogen functional groups attached to an aromatic ring is 1. The van der Waals surface area contributed by atoms with Crippen LogP contribution >= 0.6 is 0 Å². The number of rotatable bonds is 3. The molecule has 1 amide bonds. The van der Waals surface area contributed by atoms with Crippen LogP contribution in [0, 0.1) is 0 Å². The van der Waals surface area contributed by atoms with Crippen molar-refractivity contribution in [3.05, 3.63) is 6.33 Å². The second-order valence-corrected chi connectivity index (χ2v) is 4.44. The third-order valence-electron chi connectivity index (χ3n) is 3.08. The number of carbonyl (C=O) groups excluding carboxylic acids is 1. The first-order valence-electron chi connectivity index (χ1n) is 6.35. The molecule has 0 saturated carbocycles. The van der Waals surface area contributed by atoms with E-state index in [1.165, 1.54) is 6.33 Å². The molecule has 1 fully saturated rings. The van der Waals surface area contributed by atoms with Crippen molar-refractivity contribution in [1.29, 1.82) is 0 Å². The van der Waals surface area contributed by atoms with Crippen LogP contribution in [0.4, 0.5) is 11.5 Å². The van der Waals surface area contributed by atoms with Gasteiger partial charge in [-0.2, -0.15) is 4.98 Å². The molecule has 0 aliphatic carbocycles. The minimum absolute atomic E-state index is 0.0634. The summed E-state index contributed by atoms with van der Waals surface area (Å²) in [6, 6.07) is 0. The van der Waals surface area contributed by atoms with Crippen molar-refractivity contribution in [3.8, 4) is 5.88 Å². The van der Waals surface area contributed by atoms with E-state index in [1.807, 2.05) is 11.8 Å². The van der Waals surface area contributed by atoms with E-state index in [1.54, 1.807) is 11.9 Å². The molecule has 1 aromatic heterocycles. The molecule has 19 heavy (non-hydrogen) atoms. The molecule has 0 unspecified atom stereocenters. The number of anilines is 2. The van der Waals surface area contributed by atoms with E-state index >= 15 is 0 Å². The van der Waals surface area contributed by atoms with Crippen LogP contribution < -0.4 is 15.4 Å². The topological polar surface area (TPSA) is 84.6 Å². The van der Waals surface area contributed by atoms with E-state index in [2.05, 4.69) is 9.97 Å². The van der Waals surface area contributed by atoms with Gasteiger partial charge in [0.05, 0.1) is 13.2 Å². The SMILES string of the molecule is CCOc1ncnc(N2CCCN(C)C(=O)C2)c1N. The molecular formula is C12H19N5O2. The fourth-order valence-electron chi connectivity index (χ4n) is 2.04. The fourth-order valence-corrected chi connectivity index (χ4v) is 2.04. The fraction of sp³-hybridized carbons (Fsp3) is 0.583. The van der Waals surface area contributed by atoms with Crippen LogP contribution in [0.3, 0.4) is 0 Å². The molecule has 1 aliphatic rings. The van der Waals surface area contributed by atoms with Gasteiger partial charge in [0.15, 0.2) is 5.82 Å². The number of nitrogens with zero attached hydrogens (tertiary/aromatic N) is 4. The van der Waals surface area contributed by atoms with Crippen LogP contribution in [0.15, 0.2) is 6.33 Å². The Morgan fingerprint density at radius 1 is 1.42 bits per heavy atom. The van der Waals surface area contributed by atoms with Crippen LogP contribution in [-0.4, -0.2) is 54.1 Å². The van der Waals surface area contributed by atoms with Gasteiger partial charge in [-0.3, -0.25) is 4.79 Å². The monoisotopic (exact) mass is 265 g/mol. The van der Waals surface area contributed by atoms with Crippen LogP contribution in [-0.2, 0) is 4.79 Å². The Balaban J connectivity index is 2.25. The molecule has 7 nitrogen and oxygen atoms in total. The summed E-state index contributed by atoms with van der Waals surface area (Å²) < 4.78 is 5.35. The summed E-state index contributed by atoms with van der Waals surface area (Å²) >= 11 is 0. The summed E-state index contributed by atoms with van der Waals surface area (Å²) in [5.41, 5.74) is 6.41. The minimum atomic E-state index is 0.0634. The zero-order valence-electron chi connectivity index (χ0n) is 11.3. The number of hydrogen-bond donors (Lipinski definition) is 1.